The number of hydrogen-bond donors (Lipinski definition) is 0. The first kappa shape index (κ1) is 27.1. The molecule has 7 nitrogen and oxygen atoms in total. The average molecular weight is 497 g/mol. The molecule has 2 aromatic carbocycles. The summed E-state index contributed by atoms with van der Waals surface area (Å²) in [6, 6.07) is 12.7. The molecule has 0 aliphatic carbocycles. The molecule has 1 aromatic heterocycles. The van der Waals surface area contributed by atoms with Crippen LogP contribution in [0.15, 0.2) is 64.0 Å². The Bertz CT molecular complexity index is 1250. The van der Waals surface area contributed by atoms with E-state index >= 15 is 0 Å². The predicted molar refractivity (Wildman–Crippen MR) is 136 cm³/mol. The van der Waals surface area contributed by atoms with Gasteiger partial charge >= 0.3 is 0 Å². The second-order valence-corrected chi connectivity index (χ2v) is 9.79. The fraction of sp³-hybridized carbons (Fsp3) is 0.393. The van der Waals surface area contributed by atoms with E-state index in [-0.39, 0.29) is 42.7 Å². The van der Waals surface area contributed by atoms with E-state index < -0.39 is 5.41 Å². The van der Waals surface area contributed by atoms with Gasteiger partial charge in [0.1, 0.15) is 11.4 Å². The van der Waals surface area contributed by atoms with Crippen LogP contribution in [-0.2, 0) is 27.4 Å². The molecule has 0 bridgehead atoms. The molecule has 0 saturated heterocycles. The maximum Gasteiger partial charge on any atom is 0.242 e. The van der Waals surface area contributed by atoms with E-state index in [9.17, 15) is 18.8 Å². The number of amides is 2. The third-order valence-electron chi connectivity index (χ3n) is 5.78. The Hall–Kier alpha value is -3.52. The molecule has 3 rings (SSSR count). The minimum absolute atomic E-state index is 0.0149. The number of para-hydroxylation sites is 1. The Kier molecular flexibility index (Phi) is 8.98. The lowest BCUT2D eigenvalue weighted by Gasteiger charge is -2.31. The molecule has 0 aliphatic rings. The van der Waals surface area contributed by atoms with E-state index in [2.05, 4.69) is 0 Å². The summed E-state index contributed by atoms with van der Waals surface area (Å²) < 4.78 is 24.2. The molecule has 3 aromatic rings. The van der Waals surface area contributed by atoms with Gasteiger partial charge in [-0.15, -0.1) is 0 Å². The molecule has 0 radical (unpaired) electrons. The van der Waals surface area contributed by atoms with Gasteiger partial charge in [0.15, 0.2) is 5.43 Å². The highest BCUT2D eigenvalue weighted by atomic mass is 19.1. The van der Waals surface area contributed by atoms with Crippen molar-refractivity contribution in [3.05, 3.63) is 82.0 Å². The topological polar surface area (TPSA) is 80.1 Å². The van der Waals surface area contributed by atoms with Gasteiger partial charge in [-0.1, -0.05) is 45.0 Å². The highest BCUT2D eigenvalue weighted by molar-refractivity contribution is 5.87. The van der Waals surface area contributed by atoms with E-state index in [1.54, 1.807) is 64.3 Å². The molecule has 0 unspecified atom stereocenters. The van der Waals surface area contributed by atoms with E-state index in [1.807, 2.05) is 0 Å². The van der Waals surface area contributed by atoms with Crippen molar-refractivity contribution in [1.82, 2.24) is 9.80 Å². The van der Waals surface area contributed by atoms with Crippen molar-refractivity contribution in [2.75, 3.05) is 26.8 Å². The molecule has 1 heterocycles. The Balaban J connectivity index is 1.90. The van der Waals surface area contributed by atoms with Crippen molar-refractivity contribution in [1.29, 1.82) is 0 Å². The van der Waals surface area contributed by atoms with Gasteiger partial charge in [-0.25, -0.2) is 4.39 Å². The van der Waals surface area contributed by atoms with Gasteiger partial charge in [0.25, 0.3) is 0 Å². The molecule has 0 saturated carbocycles. The largest absolute Gasteiger partial charge is 0.464 e. The molecule has 0 atom stereocenters. The zero-order chi connectivity index (χ0) is 26.3. The van der Waals surface area contributed by atoms with Crippen LogP contribution in [0.25, 0.3) is 11.0 Å². The van der Waals surface area contributed by atoms with Gasteiger partial charge in [0.2, 0.25) is 11.8 Å². The van der Waals surface area contributed by atoms with Gasteiger partial charge in [0, 0.05) is 32.2 Å². The Morgan fingerprint density at radius 1 is 1.00 bits per heavy atom. The molecule has 0 spiro atoms. The number of rotatable bonds is 10. The van der Waals surface area contributed by atoms with Gasteiger partial charge in [-0.05, 0) is 36.2 Å². The lowest BCUT2D eigenvalue weighted by Crippen LogP contribution is -2.47. The summed E-state index contributed by atoms with van der Waals surface area (Å²) in [7, 11) is 1.58. The van der Waals surface area contributed by atoms with Gasteiger partial charge in [-0.2, -0.15) is 0 Å². The number of hydrogen-bond acceptors (Lipinski definition) is 5. The van der Waals surface area contributed by atoms with Crippen molar-refractivity contribution in [2.24, 2.45) is 5.41 Å². The zero-order valence-corrected chi connectivity index (χ0v) is 21.3. The van der Waals surface area contributed by atoms with Crippen LogP contribution in [0.5, 0.6) is 0 Å². The summed E-state index contributed by atoms with van der Waals surface area (Å²) in [4.78, 5) is 42.8. The standard InChI is InChI=1S/C28H33FN2O5/c1-28(2,3)27(34)30(14-7-15-35-4)18-25(32)31(16-20-10-12-22(29)13-11-20)17-21-19-36-24-9-6-5-8-23(24)26(21)33/h5-6,8-13,19H,7,14-18H2,1-4H3. The SMILES string of the molecule is COCCCN(CC(=O)N(Cc1ccc(F)cc1)Cc1coc2ccccc2c1=O)C(=O)C(C)(C)C. The predicted octanol–water partition coefficient (Wildman–Crippen LogP) is 4.37. The number of ether oxygens (including phenoxy) is 1. The van der Waals surface area contributed by atoms with Crippen LogP contribution >= 0.6 is 0 Å². The minimum Gasteiger partial charge on any atom is -0.464 e. The van der Waals surface area contributed by atoms with Crippen LogP contribution in [0.4, 0.5) is 4.39 Å². The first-order valence-corrected chi connectivity index (χ1v) is 11.9. The summed E-state index contributed by atoms with van der Waals surface area (Å²) in [5.41, 5.74) is 0.577. The van der Waals surface area contributed by atoms with Crippen LogP contribution in [0.3, 0.4) is 0 Å². The number of fused-ring (bicyclic) bond motifs is 1. The maximum atomic E-state index is 13.6. The van der Waals surface area contributed by atoms with Crippen molar-refractivity contribution in [3.63, 3.8) is 0 Å². The maximum absolute atomic E-state index is 13.6. The normalized spacial score (nSPS) is 11.5. The summed E-state index contributed by atoms with van der Waals surface area (Å²) in [5.74, 6) is -0.868. The van der Waals surface area contributed by atoms with Crippen molar-refractivity contribution in [3.8, 4) is 0 Å². The van der Waals surface area contributed by atoms with Gasteiger partial charge in [-0.3, -0.25) is 14.4 Å². The third-order valence-corrected chi connectivity index (χ3v) is 5.78. The first-order valence-electron chi connectivity index (χ1n) is 11.9. The highest BCUT2D eigenvalue weighted by Gasteiger charge is 2.30. The second-order valence-electron chi connectivity index (χ2n) is 9.79. The third kappa shape index (κ3) is 7.01. The number of nitrogens with zero attached hydrogens (tertiary/aromatic N) is 2. The number of methoxy groups -OCH3 is 1. The van der Waals surface area contributed by atoms with Crippen LogP contribution in [0.2, 0.25) is 0 Å². The number of halogens is 1. The van der Waals surface area contributed by atoms with Crippen LogP contribution in [0, 0.1) is 11.2 Å². The summed E-state index contributed by atoms with van der Waals surface area (Å²) >= 11 is 0. The fourth-order valence-corrected chi connectivity index (χ4v) is 3.87. The van der Waals surface area contributed by atoms with Crippen LogP contribution in [0.1, 0.15) is 38.3 Å². The highest BCUT2D eigenvalue weighted by Crippen LogP contribution is 2.19. The summed E-state index contributed by atoms with van der Waals surface area (Å²) in [6.45, 7) is 6.21. The van der Waals surface area contributed by atoms with Gasteiger partial charge in [0.05, 0.1) is 30.3 Å². The zero-order valence-electron chi connectivity index (χ0n) is 21.3. The van der Waals surface area contributed by atoms with Gasteiger partial charge < -0.3 is 19.0 Å². The number of carbonyl (C=O) groups excluding carboxylic acids is 2. The molecule has 192 valence electrons. The second kappa shape index (κ2) is 11.9. The molecular formula is C28H33FN2O5. The Morgan fingerprint density at radius 2 is 1.69 bits per heavy atom. The monoisotopic (exact) mass is 496 g/mol. The Morgan fingerprint density at radius 3 is 2.36 bits per heavy atom. The number of carbonyl (C=O) groups is 2. The lowest BCUT2D eigenvalue weighted by atomic mass is 9.94. The number of benzene rings is 2. The molecule has 36 heavy (non-hydrogen) atoms. The minimum atomic E-state index is -0.672. The van der Waals surface area contributed by atoms with E-state index in [0.29, 0.717) is 41.7 Å². The van der Waals surface area contributed by atoms with Crippen LogP contribution in [-0.4, -0.2) is 48.4 Å². The molecule has 2 amide bonds. The summed E-state index contributed by atoms with van der Waals surface area (Å²) in [6.07, 6.45) is 1.95. The Labute approximate surface area is 210 Å². The summed E-state index contributed by atoms with van der Waals surface area (Å²) in [5, 5.41) is 0.424. The molecule has 0 N–H and O–H groups in total. The molecule has 8 heteroatoms. The fourth-order valence-electron chi connectivity index (χ4n) is 3.87. The first-order chi connectivity index (χ1) is 17.1. The van der Waals surface area contributed by atoms with E-state index in [0.717, 1.165) is 0 Å². The van der Waals surface area contributed by atoms with E-state index in [1.165, 1.54) is 28.2 Å². The quantitative estimate of drug-likeness (QED) is 0.390. The van der Waals surface area contributed by atoms with E-state index in [4.69, 9.17) is 9.15 Å². The van der Waals surface area contributed by atoms with Crippen molar-refractivity contribution in [2.45, 2.75) is 40.3 Å². The van der Waals surface area contributed by atoms with Crippen LogP contribution < -0.4 is 5.43 Å². The van der Waals surface area contributed by atoms with Crippen molar-refractivity contribution >= 4 is 22.8 Å². The molecular weight excluding hydrogens is 463 g/mol. The lowest BCUT2D eigenvalue weighted by molar-refractivity contribution is -0.146. The molecule has 0 aliphatic heterocycles. The van der Waals surface area contributed by atoms with Crippen molar-refractivity contribution < 1.29 is 23.1 Å². The average Bonchev–Trinajstić information content (AvgIpc) is 2.85. The molecule has 0 fully saturated rings. The smallest absolute Gasteiger partial charge is 0.242 e.